The van der Waals surface area contributed by atoms with Gasteiger partial charge in [0.25, 0.3) is 0 Å². The van der Waals surface area contributed by atoms with Crippen LogP contribution in [0.25, 0.3) is 16.7 Å². The standard InChI is InChI=1S/C19H18O2/c1-3-21-19(20)10-13(2)14-8-9-18-16(11-14)12-15-6-4-5-7-17(15)18/h4-11H,3,12H2,1-2H3. The molecular formula is C19H18O2. The summed E-state index contributed by atoms with van der Waals surface area (Å²) < 4.78 is 4.96. The number of benzene rings is 2. The molecule has 1 aliphatic carbocycles. The molecule has 1 aliphatic rings. The van der Waals surface area contributed by atoms with E-state index in [1.807, 2.05) is 13.8 Å². The van der Waals surface area contributed by atoms with Crippen LogP contribution in [-0.2, 0) is 16.0 Å². The summed E-state index contributed by atoms with van der Waals surface area (Å²) >= 11 is 0. The lowest BCUT2D eigenvalue weighted by Gasteiger charge is -2.06. The number of hydrogen-bond donors (Lipinski definition) is 0. The van der Waals surface area contributed by atoms with Crippen LogP contribution in [0.5, 0.6) is 0 Å². The van der Waals surface area contributed by atoms with Gasteiger partial charge in [0.15, 0.2) is 0 Å². The van der Waals surface area contributed by atoms with Crippen LogP contribution < -0.4 is 0 Å². The maximum atomic E-state index is 11.5. The first-order chi connectivity index (χ1) is 10.2. The predicted octanol–water partition coefficient (Wildman–Crippen LogP) is 4.22. The summed E-state index contributed by atoms with van der Waals surface area (Å²) in [4.78, 5) is 11.5. The Labute approximate surface area is 125 Å². The zero-order chi connectivity index (χ0) is 14.8. The second-order valence-corrected chi connectivity index (χ2v) is 5.29. The van der Waals surface area contributed by atoms with E-state index in [4.69, 9.17) is 4.74 Å². The molecule has 0 fully saturated rings. The Balaban J connectivity index is 1.92. The van der Waals surface area contributed by atoms with Crippen LogP contribution in [-0.4, -0.2) is 12.6 Å². The fourth-order valence-electron chi connectivity index (χ4n) is 2.83. The number of hydrogen-bond acceptors (Lipinski definition) is 2. The van der Waals surface area contributed by atoms with Crippen molar-refractivity contribution in [1.29, 1.82) is 0 Å². The van der Waals surface area contributed by atoms with E-state index in [0.29, 0.717) is 6.61 Å². The van der Waals surface area contributed by atoms with Gasteiger partial charge in [0.05, 0.1) is 6.61 Å². The highest BCUT2D eigenvalue weighted by Gasteiger charge is 2.18. The molecule has 0 radical (unpaired) electrons. The number of carbonyl (C=O) groups is 1. The third-order valence-corrected chi connectivity index (χ3v) is 3.87. The van der Waals surface area contributed by atoms with Crippen LogP contribution in [0.1, 0.15) is 30.5 Å². The first-order valence-corrected chi connectivity index (χ1v) is 7.25. The summed E-state index contributed by atoms with van der Waals surface area (Å²) in [5.41, 5.74) is 7.34. The van der Waals surface area contributed by atoms with E-state index in [0.717, 1.165) is 17.6 Å². The highest BCUT2D eigenvalue weighted by Crippen LogP contribution is 2.37. The summed E-state index contributed by atoms with van der Waals surface area (Å²) in [5, 5.41) is 0. The maximum absolute atomic E-state index is 11.5. The average Bonchev–Trinajstić information content (AvgIpc) is 2.85. The summed E-state index contributed by atoms with van der Waals surface area (Å²) in [5.74, 6) is -0.279. The van der Waals surface area contributed by atoms with Crippen LogP contribution in [0.2, 0.25) is 0 Å². The second-order valence-electron chi connectivity index (χ2n) is 5.29. The Bertz CT molecular complexity index is 726. The van der Waals surface area contributed by atoms with Crippen molar-refractivity contribution >= 4 is 11.5 Å². The molecule has 0 heterocycles. The van der Waals surface area contributed by atoms with Crippen LogP contribution >= 0.6 is 0 Å². The van der Waals surface area contributed by atoms with Crippen molar-refractivity contribution in [2.24, 2.45) is 0 Å². The molecule has 21 heavy (non-hydrogen) atoms. The Kier molecular flexibility index (Phi) is 3.61. The smallest absolute Gasteiger partial charge is 0.331 e. The first-order valence-electron chi connectivity index (χ1n) is 7.25. The Hall–Kier alpha value is -2.35. The zero-order valence-corrected chi connectivity index (χ0v) is 12.3. The summed E-state index contributed by atoms with van der Waals surface area (Å²) in [7, 11) is 0. The Morgan fingerprint density at radius 2 is 1.90 bits per heavy atom. The molecular weight excluding hydrogens is 260 g/mol. The van der Waals surface area contributed by atoms with Crippen molar-refractivity contribution in [1.82, 2.24) is 0 Å². The molecule has 0 saturated carbocycles. The van der Waals surface area contributed by atoms with Crippen molar-refractivity contribution in [2.75, 3.05) is 6.61 Å². The van der Waals surface area contributed by atoms with E-state index < -0.39 is 0 Å². The molecule has 2 nitrogen and oxygen atoms in total. The highest BCUT2D eigenvalue weighted by atomic mass is 16.5. The third kappa shape index (κ3) is 2.62. The molecule has 2 aromatic carbocycles. The van der Waals surface area contributed by atoms with Crippen molar-refractivity contribution < 1.29 is 9.53 Å². The number of allylic oxidation sites excluding steroid dienone is 1. The van der Waals surface area contributed by atoms with Crippen LogP contribution in [0.4, 0.5) is 0 Å². The minimum absolute atomic E-state index is 0.279. The number of ether oxygens (including phenoxy) is 1. The van der Waals surface area contributed by atoms with Crippen LogP contribution in [0.15, 0.2) is 48.5 Å². The molecule has 3 rings (SSSR count). The van der Waals surface area contributed by atoms with Crippen LogP contribution in [0, 0.1) is 0 Å². The maximum Gasteiger partial charge on any atom is 0.331 e. The Morgan fingerprint density at radius 1 is 1.14 bits per heavy atom. The molecule has 106 valence electrons. The fourth-order valence-corrected chi connectivity index (χ4v) is 2.83. The minimum atomic E-state index is -0.279. The van der Waals surface area contributed by atoms with E-state index in [1.165, 1.54) is 22.3 Å². The molecule has 0 aromatic heterocycles. The van der Waals surface area contributed by atoms with Gasteiger partial charge in [-0.1, -0.05) is 42.5 Å². The predicted molar refractivity (Wildman–Crippen MR) is 85.0 cm³/mol. The van der Waals surface area contributed by atoms with E-state index in [1.54, 1.807) is 6.08 Å². The quantitative estimate of drug-likeness (QED) is 0.529. The lowest BCUT2D eigenvalue weighted by atomic mass is 10.00. The van der Waals surface area contributed by atoms with Crippen LogP contribution in [0.3, 0.4) is 0 Å². The second kappa shape index (κ2) is 5.57. The normalized spacial score (nSPS) is 12.8. The summed E-state index contributed by atoms with van der Waals surface area (Å²) in [6, 6.07) is 14.9. The van der Waals surface area contributed by atoms with Gasteiger partial charge in [-0.15, -0.1) is 0 Å². The van der Waals surface area contributed by atoms with Gasteiger partial charge < -0.3 is 4.74 Å². The zero-order valence-electron chi connectivity index (χ0n) is 12.3. The van der Waals surface area contributed by atoms with Crippen molar-refractivity contribution in [3.05, 3.63) is 65.2 Å². The van der Waals surface area contributed by atoms with Gasteiger partial charge >= 0.3 is 5.97 Å². The first kappa shape index (κ1) is 13.6. The van der Waals surface area contributed by atoms with E-state index in [9.17, 15) is 4.79 Å². The van der Waals surface area contributed by atoms with Gasteiger partial charge in [0.2, 0.25) is 0 Å². The van der Waals surface area contributed by atoms with Gasteiger partial charge in [-0.3, -0.25) is 0 Å². The third-order valence-electron chi connectivity index (χ3n) is 3.87. The van der Waals surface area contributed by atoms with E-state index in [2.05, 4.69) is 42.5 Å². The largest absolute Gasteiger partial charge is 0.463 e. The molecule has 0 N–H and O–H groups in total. The van der Waals surface area contributed by atoms with E-state index in [-0.39, 0.29) is 5.97 Å². The SMILES string of the molecule is CCOC(=O)C=C(C)c1ccc2c(c1)Cc1ccccc1-2. The molecule has 0 amide bonds. The molecule has 0 bridgehead atoms. The van der Waals surface area contributed by atoms with Gasteiger partial charge in [-0.05, 0) is 53.7 Å². The molecule has 2 aromatic rings. The van der Waals surface area contributed by atoms with Gasteiger partial charge in [0, 0.05) is 6.08 Å². The van der Waals surface area contributed by atoms with Crippen molar-refractivity contribution in [3.63, 3.8) is 0 Å². The topological polar surface area (TPSA) is 26.3 Å². The molecule has 0 unspecified atom stereocenters. The van der Waals surface area contributed by atoms with Gasteiger partial charge in [-0.25, -0.2) is 4.79 Å². The lowest BCUT2D eigenvalue weighted by molar-refractivity contribution is -0.137. The summed E-state index contributed by atoms with van der Waals surface area (Å²) in [6.45, 7) is 4.16. The van der Waals surface area contributed by atoms with Gasteiger partial charge in [0.1, 0.15) is 0 Å². The highest BCUT2D eigenvalue weighted by molar-refractivity contribution is 5.91. The number of esters is 1. The molecule has 0 spiro atoms. The monoisotopic (exact) mass is 278 g/mol. The molecule has 0 atom stereocenters. The number of rotatable bonds is 3. The fraction of sp³-hybridized carbons (Fsp3) is 0.211. The van der Waals surface area contributed by atoms with Crippen molar-refractivity contribution in [3.8, 4) is 11.1 Å². The van der Waals surface area contributed by atoms with E-state index >= 15 is 0 Å². The lowest BCUT2D eigenvalue weighted by Crippen LogP contribution is -2.00. The molecule has 0 aliphatic heterocycles. The molecule has 0 saturated heterocycles. The number of carbonyl (C=O) groups excluding carboxylic acids is 1. The molecule has 2 heteroatoms. The van der Waals surface area contributed by atoms with Gasteiger partial charge in [-0.2, -0.15) is 0 Å². The summed E-state index contributed by atoms with van der Waals surface area (Å²) in [6.07, 6.45) is 2.53. The van der Waals surface area contributed by atoms with Crippen molar-refractivity contribution in [2.45, 2.75) is 20.3 Å². The minimum Gasteiger partial charge on any atom is -0.463 e. The number of fused-ring (bicyclic) bond motifs is 3. The average molecular weight is 278 g/mol. The Morgan fingerprint density at radius 3 is 2.71 bits per heavy atom.